The molecule has 0 aromatic carbocycles. The maximum absolute atomic E-state index is 11.3. The van der Waals surface area contributed by atoms with E-state index in [2.05, 4.69) is 9.88 Å². The lowest BCUT2D eigenvalue weighted by molar-refractivity contribution is 0.0697. The van der Waals surface area contributed by atoms with Crippen LogP contribution in [0.5, 0.6) is 0 Å². The fourth-order valence-corrected chi connectivity index (χ4v) is 2.71. The Morgan fingerprint density at radius 2 is 2.22 bits per heavy atom. The summed E-state index contributed by atoms with van der Waals surface area (Å²) in [7, 11) is 0. The Labute approximate surface area is 107 Å². The second kappa shape index (κ2) is 5.25. The zero-order chi connectivity index (χ0) is 13.1. The van der Waals surface area contributed by atoms with Gasteiger partial charge in [-0.3, -0.25) is 0 Å². The zero-order valence-electron chi connectivity index (χ0n) is 10.6. The normalized spacial score (nSPS) is 15.8. The van der Waals surface area contributed by atoms with Crippen LogP contribution < -0.4 is 10.6 Å². The number of rotatable bonds is 4. The van der Waals surface area contributed by atoms with E-state index in [9.17, 15) is 9.90 Å². The number of pyridine rings is 1. The maximum atomic E-state index is 11.3. The minimum Gasteiger partial charge on any atom is -0.478 e. The summed E-state index contributed by atoms with van der Waals surface area (Å²) in [6, 6.07) is 1.87. The summed E-state index contributed by atoms with van der Waals surface area (Å²) in [4.78, 5) is 17.5. The van der Waals surface area contributed by atoms with Crippen LogP contribution in [0, 0.1) is 0 Å². The third-order valence-electron chi connectivity index (χ3n) is 3.55. The summed E-state index contributed by atoms with van der Waals surface area (Å²) in [5, 5.41) is 9.27. The molecular weight excluding hydrogens is 230 g/mol. The lowest BCUT2D eigenvalue weighted by Gasteiger charge is -2.30. The molecular formula is C13H19N3O2. The second-order valence-electron chi connectivity index (χ2n) is 4.66. The van der Waals surface area contributed by atoms with Crippen molar-refractivity contribution < 1.29 is 9.90 Å². The summed E-state index contributed by atoms with van der Waals surface area (Å²) in [6.07, 6.45) is 6.26. The van der Waals surface area contributed by atoms with Crippen molar-refractivity contribution >= 4 is 17.5 Å². The average molecular weight is 249 g/mol. The van der Waals surface area contributed by atoms with E-state index >= 15 is 0 Å². The van der Waals surface area contributed by atoms with Gasteiger partial charge in [0.1, 0.15) is 5.82 Å². The zero-order valence-corrected chi connectivity index (χ0v) is 10.6. The SMILES string of the molecule is CCN(c1cnc(N)cc1C(=O)O)C1CCCC1. The van der Waals surface area contributed by atoms with E-state index in [-0.39, 0.29) is 11.4 Å². The monoisotopic (exact) mass is 249 g/mol. The lowest BCUT2D eigenvalue weighted by Crippen LogP contribution is -2.34. The van der Waals surface area contributed by atoms with Gasteiger partial charge >= 0.3 is 5.97 Å². The van der Waals surface area contributed by atoms with E-state index in [4.69, 9.17) is 5.73 Å². The molecule has 0 bridgehead atoms. The predicted molar refractivity (Wildman–Crippen MR) is 70.9 cm³/mol. The molecule has 0 amide bonds. The van der Waals surface area contributed by atoms with Gasteiger partial charge in [-0.2, -0.15) is 0 Å². The molecule has 0 atom stereocenters. The van der Waals surface area contributed by atoms with Gasteiger partial charge in [0.2, 0.25) is 0 Å². The van der Waals surface area contributed by atoms with Gasteiger partial charge in [-0.15, -0.1) is 0 Å². The molecule has 0 saturated heterocycles. The Kier molecular flexibility index (Phi) is 3.69. The third kappa shape index (κ3) is 2.39. The fraction of sp³-hybridized carbons (Fsp3) is 0.538. The highest BCUT2D eigenvalue weighted by molar-refractivity contribution is 5.95. The van der Waals surface area contributed by atoms with Crippen molar-refractivity contribution in [2.24, 2.45) is 0 Å². The Morgan fingerprint density at radius 3 is 2.78 bits per heavy atom. The molecule has 1 heterocycles. The second-order valence-corrected chi connectivity index (χ2v) is 4.66. The van der Waals surface area contributed by atoms with E-state index in [0.717, 1.165) is 19.4 Å². The first-order valence-electron chi connectivity index (χ1n) is 6.39. The molecule has 0 radical (unpaired) electrons. The van der Waals surface area contributed by atoms with Crippen LogP contribution in [0.25, 0.3) is 0 Å². The Bertz CT molecular complexity index is 442. The van der Waals surface area contributed by atoms with Crippen molar-refractivity contribution in [3.05, 3.63) is 17.8 Å². The van der Waals surface area contributed by atoms with Gasteiger partial charge in [0.05, 0.1) is 17.4 Å². The van der Waals surface area contributed by atoms with E-state index < -0.39 is 5.97 Å². The smallest absolute Gasteiger partial charge is 0.338 e. The number of carbonyl (C=O) groups is 1. The van der Waals surface area contributed by atoms with Crippen LogP contribution >= 0.6 is 0 Å². The van der Waals surface area contributed by atoms with E-state index in [1.165, 1.54) is 18.9 Å². The number of hydrogen-bond donors (Lipinski definition) is 2. The topological polar surface area (TPSA) is 79.5 Å². The molecule has 1 aliphatic rings. The molecule has 1 aliphatic carbocycles. The highest BCUT2D eigenvalue weighted by atomic mass is 16.4. The van der Waals surface area contributed by atoms with Crippen LogP contribution in [0.2, 0.25) is 0 Å². The summed E-state index contributed by atoms with van der Waals surface area (Å²) in [5.41, 5.74) is 6.50. The Hall–Kier alpha value is -1.78. The van der Waals surface area contributed by atoms with Crippen molar-refractivity contribution in [1.82, 2.24) is 4.98 Å². The fourth-order valence-electron chi connectivity index (χ4n) is 2.71. The molecule has 0 aliphatic heterocycles. The van der Waals surface area contributed by atoms with Gasteiger partial charge in [-0.25, -0.2) is 9.78 Å². The quantitative estimate of drug-likeness (QED) is 0.854. The molecule has 2 rings (SSSR count). The van der Waals surface area contributed by atoms with Crippen LogP contribution in [0.4, 0.5) is 11.5 Å². The standard InChI is InChI=1S/C13H19N3O2/c1-2-16(9-5-3-4-6-9)11-8-15-12(14)7-10(11)13(17)18/h7-9H,2-6H2,1H3,(H2,14,15)(H,17,18). The average Bonchev–Trinajstić information content (AvgIpc) is 2.85. The summed E-state index contributed by atoms with van der Waals surface area (Å²) >= 11 is 0. The number of aromatic nitrogens is 1. The van der Waals surface area contributed by atoms with Crippen molar-refractivity contribution in [2.75, 3.05) is 17.2 Å². The largest absolute Gasteiger partial charge is 0.478 e. The van der Waals surface area contributed by atoms with Gasteiger partial charge in [0.15, 0.2) is 0 Å². The molecule has 0 spiro atoms. The van der Waals surface area contributed by atoms with Gasteiger partial charge in [0, 0.05) is 12.6 Å². The molecule has 1 fully saturated rings. The third-order valence-corrected chi connectivity index (χ3v) is 3.55. The molecule has 1 saturated carbocycles. The summed E-state index contributed by atoms with van der Waals surface area (Å²) < 4.78 is 0. The molecule has 1 aromatic rings. The van der Waals surface area contributed by atoms with Crippen LogP contribution in [0.1, 0.15) is 43.0 Å². The first-order chi connectivity index (χ1) is 8.63. The van der Waals surface area contributed by atoms with E-state index in [1.54, 1.807) is 6.20 Å². The lowest BCUT2D eigenvalue weighted by atomic mass is 10.1. The van der Waals surface area contributed by atoms with Crippen LogP contribution in [0.15, 0.2) is 12.3 Å². The van der Waals surface area contributed by atoms with Crippen molar-refractivity contribution in [3.63, 3.8) is 0 Å². The van der Waals surface area contributed by atoms with Crippen molar-refractivity contribution in [1.29, 1.82) is 0 Å². The number of nitrogen functional groups attached to an aromatic ring is 1. The van der Waals surface area contributed by atoms with Gasteiger partial charge < -0.3 is 15.7 Å². The van der Waals surface area contributed by atoms with Crippen molar-refractivity contribution in [3.8, 4) is 0 Å². The molecule has 0 unspecified atom stereocenters. The Balaban J connectivity index is 2.37. The van der Waals surface area contributed by atoms with Gasteiger partial charge in [-0.05, 0) is 25.8 Å². The van der Waals surface area contributed by atoms with Crippen LogP contribution in [-0.4, -0.2) is 28.6 Å². The van der Waals surface area contributed by atoms with E-state index in [0.29, 0.717) is 11.7 Å². The molecule has 1 aromatic heterocycles. The Morgan fingerprint density at radius 1 is 1.56 bits per heavy atom. The number of nitrogens with zero attached hydrogens (tertiary/aromatic N) is 2. The number of hydrogen-bond acceptors (Lipinski definition) is 4. The molecule has 5 nitrogen and oxygen atoms in total. The minimum absolute atomic E-state index is 0.247. The van der Waals surface area contributed by atoms with Crippen LogP contribution in [0.3, 0.4) is 0 Å². The number of carboxylic acid groups (broad SMARTS) is 1. The summed E-state index contributed by atoms with van der Waals surface area (Å²) in [6.45, 7) is 2.83. The maximum Gasteiger partial charge on any atom is 0.338 e. The van der Waals surface area contributed by atoms with Crippen molar-refractivity contribution in [2.45, 2.75) is 38.6 Å². The predicted octanol–water partition coefficient (Wildman–Crippen LogP) is 2.13. The number of carboxylic acids is 1. The highest BCUT2D eigenvalue weighted by Gasteiger charge is 2.25. The molecule has 5 heteroatoms. The minimum atomic E-state index is -0.949. The van der Waals surface area contributed by atoms with Crippen LogP contribution in [-0.2, 0) is 0 Å². The summed E-state index contributed by atoms with van der Waals surface area (Å²) in [5.74, 6) is -0.700. The molecule has 98 valence electrons. The number of anilines is 2. The highest BCUT2D eigenvalue weighted by Crippen LogP contribution is 2.30. The molecule has 18 heavy (non-hydrogen) atoms. The molecule has 3 N–H and O–H groups in total. The number of aromatic carboxylic acids is 1. The first-order valence-corrected chi connectivity index (χ1v) is 6.39. The number of nitrogens with two attached hydrogens (primary N) is 1. The van der Waals surface area contributed by atoms with Gasteiger partial charge in [-0.1, -0.05) is 12.8 Å². The van der Waals surface area contributed by atoms with Gasteiger partial charge in [0.25, 0.3) is 0 Å². The van der Waals surface area contributed by atoms with E-state index in [1.807, 2.05) is 6.92 Å². The first kappa shape index (κ1) is 12.7.